The van der Waals surface area contributed by atoms with Crippen LogP contribution in [0.15, 0.2) is 12.1 Å². The third kappa shape index (κ3) is 4.31. The molecule has 2 N–H and O–H groups in total. The van der Waals surface area contributed by atoms with Crippen LogP contribution in [-0.4, -0.2) is 18.5 Å². The van der Waals surface area contributed by atoms with Gasteiger partial charge in [-0.1, -0.05) is 12.1 Å². The molecule has 1 aliphatic carbocycles. The predicted molar refractivity (Wildman–Crippen MR) is 73.4 cm³/mol. The topological polar surface area (TPSA) is 41.1 Å². The van der Waals surface area contributed by atoms with Gasteiger partial charge >= 0.3 is 0 Å². The summed E-state index contributed by atoms with van der Waals surface area (Å²) in [6, 6.07) is 4.20. The summed E-state index contributed by atoms with van der Waals surface area (Å²) in [5, 5.41) is 6.17. The monoisotopic (exact) mass is 264 g/mol. The van der Waals surface area contributed by atoms with Crippen LogP contribution in [0.1, 0.15) is 36.0 Å². The number of nitrogens with one attached hydrogen (secondary N) is 2. The number of rotatable bonds is 6. The molecule has 0 bridgehead atoms. The van der Waals surface area contributed by atoms with Gasteiger partial charge in [0.1, 0.15) is 5.82 Å². The van der Waals surface area contributed by atoms with Gasteiger partial charge in [-0.25, -0.2) is 4.39 Å². The van der Waals surface area contributed by atoms with Crippen molar-refractivity contribution in [3.63, 3.8) is 0 Å². The smallest absolute Gasteiger partial charge is 0.221 e. The second kappa shape index (κ2) is 6.15. The van der Waals surface area contributed by atoms with Gasteiger partial charge in [0.15, 0.2) is 0 Å². The van der Waals surface area contributed by atoms with Crippen LogP contribution in [0.5, 0.6) is 0 Å². The first-order chi connectivity index (χ1) is 9.06. The highest BCUT2D eigenvalue weighted by Gasteiger charge is 2.20. The average molecular weight is 264 g/mol. The molecule has 1 fully saturated rings. The van der Waals surface area contributed by atoms with Gasteiger partial charge in [0.25, 0.3) is 0 Å². The van der Waals surface area contributed by atoms with Crippen LogP contribution in [0.25, 0.3) is 0 Å². The van der Waals surface area contributed by atoms with E-state index in [2.05, 4.69) is 10.6 Å². The Kier molecular flexibility index (Phi) is 4.53. The molecule has 3 nitrogen and oxygen atoms in total. The lowest BCUT2D eigenvalue weighted by atomic mass is 10.1. The lowest BCUT2D eigenvalue weighted by Gasteiger charge is -2.09. The minimum atomic E-state index is -0.163. The standard InChI is InChI=1S/C15H21FN2O/c1-10-7-12(8-11(2)15(10)16)9-18-14(19)5-6-17-13-3-4-13/h7-8,13,17H,3-6,9H2,1-2H3,(H,18,19). The number of hydrogen-bond acceptors (Lipinski definition) is 2. The van der Waals surface area contributed by atoms with Gasteiger partial charge in [0.05, 0.1) is 0 Å². The second-order valence-electron chi connectivity index (χ2n) is 5.30. The third-order valence-corrected chi connectivity index (χ3v) is 3.35. The molecule has 0 aromatic heterocycles. The van der Waals surface area contributed by atoms with Crippen molar-refractivity contribution in [3.05, 3.63) is 34.6 Å². The molecule has 0 saturated heterocycles. The van der Waals surface area contributed by atoms with E-state index < -0.39 is 0 Å². The molecule has 1 aliphatic rings. The Balaban J connectivity index is 1.75. The fourth-order valence-corrected chi connectivity index (χ4v) is 2.10. The molecule has 0 radical (unpaired) electrons. The second-order valence-corrected chi connectivity index (χ2v) is 5.30. The summed E-state index contributed by atoms with van der Waals surface area (Å²) in [6.07, 6.45) is 2.96. The summed E-state index contributed by atoms with van der Waals surface area (Å²) in [5.74, 6) is -0.128. The Labute approximate surface area is 113 Å². The summed E-state index contributed by atoms with van der Waals surface area (Å²) in [4.78, 5) is 11.6. The van der Waals surface area contributed by atoms with Crippen molar-refractivity contribution in [2.45, 2.75) is 45.7 Å². The summed E-state index contributed by atoms with van der Waals surface area (Å²) in [7, 11) is 0. The molecule has 0 heterocycles. The molecule has 4 heteroatoms. The van der Waals surface area contributed by atoms with Gasteiger partial charge in [0, 0.05) is 25.6 Å². The Morgan fingerprint density at radius 3 is 2.53 bits per heavy atom. The summed E-state index contributed by atoms with van der Waals surface area (Å²) < 4.78 is 13.5. The predicted octanol–water partition coefficient (Wildman–Crippen LogP) is 2.20. The van der Waals surface area contributed by atoms with Crippen molar-refractivity contribution in [1.29, 1.82) is 0 Å². The Morgan fingerprint density at radius 2 is 1.95 bits per heavy atom. The fourth-order valence-electron chi connectivity index (χ4n) is 2.10. The van der Waals surface area contributed by atoms with Gasteiger partial charge < -0.3 is 10.6 Å². The highest BCUT2D eigenvalue weighted by molar-refractivity contribution is 5.76. The molecule has 19 heavy (non-hydrogen) atoms. The molecule has 1 aromatic carbocycles. The fraction of sp³-hybridized carbons (Fsp3) is 0.533. The van der Waals surface area contributed by atoms with Crippen molar-refractivity contribution in [3.8, 4) is 0 Å². The Hall–Kier alpha value is -1.42. The zero-order valence-corrected chi connectivity index (χ0v) is 11.6. The van der Waals surface area contributed by atoms with Crippen LogP contribution in [-0.2, 0) is 11.3 Å². The van der Waals surface area contributed by atoms with Gasteiger partial charge in [-0.3, -0.25) is 4.79 Å². The number of amides is 1. The molecule has 1 amide bonds. The molecule has 0 aliphatic heterocycles. The van der Waals surface area contributed by atoms with E-state index in [1.165, 1.54) is 12.8 Å². The summed E-state index contributed by atoms with van der Waals surface area (Å²) in [5.41, 5.74) is 2.19. The van der Waals surface area contributed by atoms with E-state index in [4.69, 9.17) is 0 Å². The van der Waals surface area contributed by atoms with E-state index in [1.807, 2.05) is 0 Å². The number of benzene rings is 1. The Morgan fingerprint density at radius 1 is 1.32 bits per heavy atom. The minimum absolute atomic E-state index is 0.0350. The largest absolute Gasteiger partial charge is 0.352 e. The van der Waals surface area contributed by atoms with E-state index >= 15 is 0 Å². The van der Waals surface area contributed by atoms with Crippen molar-refractivity contribution >= 4 is 5.91 Å². The first kappa shape index (κ1) is 14.0. The maximum Gasteiger partial charge on any atom is 0.221 e. The van der Waals surface area contributed by atoms with E-state index in [0.29, 0.717) is 30.1 Å². The van der Waals surface area contributed by atoms with Crippen LogP contribution >= 0.6 is 0 Å². The maximum atomic E-state index is 13.5. The van der Waals surface area contributed by atoms with Gasteiger partial charge in [0.2, 0.25) is 5.91 Å². The highest BCUT2D eigenvalue weighted by atomic mass is 19.1. The maximum absolute atomic E-state index is 13.5. The first-order valence-electron chi connectivity index (χ1n) is 6.82. The van der Waals surface area contributed by atoms with E-state index in [-0.39, 0.29) is 11.7 Å². The third-order valence-electron chi connectivity index (χ3n) is 3.35. The number of carbonyl (C=O) groups is 1. The van der Waals surface area contributed by atoms with Gasteiger partial charge in [-0.05, 0) is 43.4 Å². The number of carbonyl (C=O) groups excluding carboxylic acids is 1. The van der Waals surface area contributed by atoms with Gasteiger partial charge in [-0.2, -0.15) is 0 Å². The molecular formula is C15H21FN2O. The van der Waals surface area contributed by atoms with Crippen LogP contribution < -0.4 is 10.6 Å². The molecule has 2 rings (SSSR count). The molecule has 1 aromatic rings. The lowest BCUT2D eigenvalue weighted by Crippen LogP contribution is -2.28. The van der Waals surface area contributed by atoms with Crippen molar-refractivity contribution in [2.24, 2.45) is 0 Å². The van der Waals surface area contributed by atoms with E-state index in [0.717, 1.165) is 12.1 Å². The molecule has 104 valence electrons. The first-order valence-corrected chi connectivity index (χ1v) is 6.82. The minimum Gasteiger partial charge on any atom is -0.352 e. The molecule has 0 atom stereocenters. The van der Waals surface area contributed by atoms with Crippen LogP contribution in [0.3, 0.4) is 0 Å². The van der Waals surface area contributed by atoms with Crippen molar-refractivity contribution < 1.29 is 9.18 Å². The zero-order chi connectivity index (χ0) is 13.8. The highest BCUT2D eigenvalue weighted by Crippen LogP contribution is 2.18. The number of aryl methyl sites for hydroxylation is 2. The van der Waals surface area contributed by atoms with Crippen molar-refractivity contribution in [2.75, 3.05) is 6.54 Å². The zero-order valence-electron chi connectivity index (χ0n) is 11.6. The number of hydrogen-bond donors (Lipinski definition) is 2. The SMILES string of the molecule is Cc1cc(CNC(=O)CCNC2CC2)cc(C)c1F. The van der Waals surface area contributed by atoms with Crippen LogP contribution in [0, 0.1) is 19.7 Å². The number of halogens is 1. The van der Waals surface area contributed by atoms with Crippen molar-refractivity contribution in [1.82, 2.24) is 10.6 Å². The molecule has 1 saturated carbocycles. The van der Waals surface area contributed by atoms with Crippen LogP contribution in [0.4, 0.5) is 4.39 Å². The average Bonchev–Trinajstić information content (AvgIpc) is 3.17. The lowest BCUT2D eigenvalue weighted by molar-refractivity contribution is -0.121. The Bertz CT molecular complexity index is 446. The molecule has 0 spiro atoms. The normalized spacial score (nSPS) is 14.5. The van der Waals surface area contributed by atoms with E-state index in [9.17, 15) is 9.18 Å². The quantitative estimate of drug-likeness (QED) is 0.827. The summed E-state index contributed by atoms with van der Waals surface area (Å²) >= 11 is 0. The van der Waals surface area contributed by atoms with Crippen LogP contribution in [0.2, 0.25) is 0 Å². The molecular weight excluding hydrogens is 243 g/mol. The van der Waals surface area contributed by atoms with E-state index in [1.54, 1.807) is 26.0 Å². The summed E-state index contributed by atoms with van der Waals surface area (Å²) in [6.45, 7) is 4.68. The molecule has 0 unspecified atom stereocenters. The van der Waals surface area contributed by atoms with Gasteiger partial charge in [-0.15, -0.1) is 0 Å².